The van der Waals surface area contributed by atoms with Crippen molar-refractivity contribution >= 4 is 16.8 Å². The molecule has 0 bridgehead atoms. The molecule has 1 amide bonds. The van der Waals surface area contributed by atoms with E-state index >= 15 is 0 Å². The Kier molecular flexibility index (Phi) is 5.49. The number of hydrogen-bond donors (Lipinski definition) is 1. The van der Waals surface area contributed by atoms with Gasteiger partial charge in [-0.3, -0.25) is 14.2 Å². The van der Waals surface area contributed by atoms with Crippen LogP contribution in [0.15, 0.2) is 88.5 Å². The Labute approximate surface area is 177 Å². The van der Waals surface area contributed by atoms with Gasteiger partial charge >= 0.3 is 5.69 Å². The van der Waals surface area contributed by atoms with Crippen molar-refractivity contribution in [2.75, 3.05) is 0 Å². The zero-order chi connectivity index (χ0) is 22.0. The third-order valence-electron chi connectivity index (χ3n) is 5.11. The molecule has 0 saturated carbocycles. The lowest BCUT2D eigenvalue weighted by Gasteiger charge is -2.17. The predicted molar refractivity (Wildman–Crippen MR) is 117 cm³/mol. The van der Waals surface area contributed by atoms with E-state index in [0.29, 0.717) is 5.52 Å². The van der Waals surface area contributed by atoms with Gasteiger partial charge in [-0.15, -0.1) is 0 Å². The van der Waals surface area contributed by atoms with E-state index in [9.17, 15) is 18.8 Å². The molecule has 6 nitrogen and oxygen atoms in total. The fourth-order valence-electron chi connectivity index (χ4n) is 3.55. The number of benzene rings is 3. The molecule has 1 aromatic heterocycles. The average Bonchev–Trinajstić information content (AvgIpc) is 2.78. The van der Waals surface area contributed by atoms with Crippen LogP contribution in [0.25, 0.3) is 16.6 Å². The van der Waals surface area contributed by atoms with Gasteiger partial charge in [0, 0.05) is 0 Å². The Morgan fingerprint density at radius 1 is 0.935 bits per heavy atom. The minimum atomic E-state index is -0.669. The van der Waals surface area contributed by atoms with E-state index in [1.165, 1.54) is 28.8 Å². The minimum Gasteiger partial charge on any atom is -0.348 e. The van der Waals surface area contributed by atoms with Crippen LogP contribution in [0.5, 0.6) is 0 Å². The first-order valence-corrected chi connectivity index (χ1v) is 9.80. The van der Waals surface area contributed by atoms with Crippen LogP contribution in [0.2, 0.25) is 0 Å². The quantitative estimate of drug-likeness (QED) is 0.542. The maximum atomic E-state index is 13.3. The van der Waals surface area contributed by atoms with E-state index < -0.39 is 17.1 Å². The highest BCUT2D eigenvalue weighted by Crippen LogP contribution is 2.13. The Morgan fingerprint density at radius 2 is 1.58 bits per heavy atom. The van der Waals surface area contributed by atoms with Crippen LogP contribution in [0, 0.1) is 5.82 Å². The smallest absolute Gasteiger partial charge is 0.336 e. The molecule has 0 spiro atoms. The summed E-state index contributed by atoms with van der Waals surface area (Å²) in [6.07, 6.45) is 0. The summed E-state index contributed by atoms with van der Waals surface area (Å²) in [6, 6.07) is 20.9. The van der Waals surface area contributed by atoms with Gasteiger partial charge in [-0.2, -0.15) is 0 Å². The van der Waals surface area contributed by atoms with Crippen LogP contribution < -0.4 is 16.6 Å². The number of fused-ring (bicyclic) bond motifs is 1. The summed E-state index contributed by atoms with van der Waals surface area (Å²) in [4.78, 5) is 39.0. The highest BCUT2D eigenvalue weighted by atomic mass is 19.1. The lowest BCUT2D eigenvalue weighted by Crippen LogP contribution is -2.42. The SMILES string of the molecule is C[C@@H](NC(=O)Cn1c(=O)n(-c2ccc(F)cc2)c(=O)c2ccccc21)c1ccccc1. The van der Waals surface area contributed by atoms with Gasteiger partial charge in [-0.1, -0.05) is 42.5 Å². The van der Waals surface area contributed by atoms with Gasteiger partial charge in [0.2, 0.25) is 5.91 Å². The molecule has 0 unspecified atom stereocenters. The van der Waals surface area contributed by atoms with E-state index in [1.54, 1.807) is 24.3 Å². The predicted octanol–water partition coefficient (Wildman–Crippen LogP) is 3.17. The van der Waals surface area contributed by atoms with Crippen molar-refractivity contribution in [3.8, 4) is 5.69 Å². The number of amides is 1. The van der Waals surface area contributed by atoms with E-state index in [2.05, 4.69) is 5.32 Å². The van der Waals surface area contributed by atoms with Gasteiger partial charge in [0.25, 0.3) is 5.56 Å². The van der Waals surface area contributed by atoms with E-state index in [0.717, 1.165) is 10.1 Å². The molecule has 0 radical (unpaired) electrons. The van der Waals surface area contributed by atoms with Gasteiger partial charge in [-0.05, 0) is 48.9 Å². The van der Waals surface area contributed by atoms with Crippen LogP contribution in [0.4, 0.5) is 4.39 Å². The summed E-state index contributed by atoms with van der Waals surface area (Å²) in [6.45, 7) is 1.59. The second-order valence-corrected chi connectivity index (χ2v) is 7.20. The summed E-state index contributed by atoms with van der Waals surface area (Å²) < 4.78 is 15.6. The average molecular weight is 417 g/mol. The molecule has 0 aliphatic carbocycles. The molecule has 4 rings (SSSR count). The van der Waals surface area contributed by atoms with Crippen LogP contribution >= 0.6 is 0 Å². The zero-order valence-corrected chi connectivity index (χ0v) is 16.8. The standard InChI is InChI=1S/C24H20FN3O3/c1-16(17-7-3-2-4-8-17)26-22(29)15-27-21-10-6-5-9-20(21)23(30)28(24(27)31)19-13-11-18(25)12-14-19/h2-14,16H,15H2,1H3,(H,26,29)/t16-/m1/s1. The lowest BCUT2D eigenvalue weighted by molar-refractivity contribution is -0.122. The highest BCUT2D eigenvalue weighted by molar-refractivity contribution is 5.82. The Hall–Kier alpha value is -4.00. The first kappa shape index (κ1) is 20.3. The van der Waals surface area contributed by atoms with Crippen molar-refractivity contribution < 1.29 is 9.18 Å². The molecule has 1 heterocycles. The van der Waals surface area contributed by atoms with Crippen molar-refractivity contribution in [3.05, 3.63) is 111 Å². The molecule has 7 heteroatoms. The molecule has 0 aliphatic rings. The fraction of sp³-hybridized carbons (Fsp3) is 0.125. The normalized spacial score (nSPS) is 11.9. The van der Waals surface area contributed by atoms with Crippen LogP contribution in [-0.2, 0) is 11.3 Å². The first-order valence-electron chi connectivity index (χ1n) is 9.80. The van der Waals surface area contributed by atoms with E-state index in [-0.39, 0.29) is 29.6 Å². The Balaban J connectivity index is 1.77. The topological polar surface area (TPSA) is 73.1 Å². The molecular weight excluding hydrogens is 397 g/mol. The van der Waals surface area contributed by atoms with Gasteiger partial charge in [0.15, 0.2) is 0 Å². The number of aromatic nitrogens is 2. The molecule has 1 N–H and O–H groups in total. The number of hydrogen-bond acceptors (Lipinski definition) is 3. The number of rotatable bonds is 5. The molecule has 3 aromatic carbocycles. The maximum Gasteiger partial charge on any atom is 0.336 e. The summed E-state index contributed by atoms with van der Waals surface area (Å²) in [5.41, 5.74) is 0.330. The third-order valence-corrected chi connectivity index (χ3v) is 5.11. The molecule has 31 heavy (non-hydrogen) atoms. The molecule has 0 fully saturated rings. The second kappa shape index (κ2) is 8.39. The number of carbonyl (C=O) groups excluding carboxylic acids is 1. The number of nitrogens with one attached hydrogen (secondary N) is 1. The highest BCUT2D eigenvalue weighted by Gasteiger charge is 2.17. The number of halogens is 1. The molecule has 4 aromatic rings. The van der Waals surface area contributed by atoms with Crippen LogP contribution in [-0.4, -0.2) is 15.0 Å². The Bertz CT molecular complexity index is 1360. The molecular formula is C24H20FN3O3. The third kappa shape index (κ3) is 4.02. The van der Waals surface area contributed by atoms with Crippen molar-refractivity contribution in [2.45, 2.75) is 19.5 Å². The van der Waals surface area contributed by atoms with Gasteiger partial charge < -0.3 is 5.32 Å². The molecule has 0 saturated heterocycles. The van der Waals surface area contributed by atoms with Crippen LogP contribution in [0.1, 0.15) is 18.5 Å². The zero-order valence-electron chi connectivity index (χ0n) is 16.8. The van der Waals surface area contributed by atoms with Gasteiger partial charge in [-0.25, -0.2) is 13.8 Å². The van der Waals surface area contributed by atoms with E-state index in [1.807, 2.05) is 37.3 Å². The number of nitrogens with zero attached hydrogens (tertiary/aromatic N) is 2. The monoisotopic (exact) mass is 417 g/mol. The van der Waals surface area contributed by atoms with Gasteiger partial charge in [0.05, 0.1) is 22.6 Å². The van der Waals surface area contributed by atoms with E-state index in [4.69, 9.17) is 0 Å². The van der Waals surface area contributed by atoms with Gasteiger partial charge in [0.1, 0.15) is 12.4 Å². The fourth-order valence-corrected chi connectivity index (χ4v) is 3.55. The molecule has 1 atom stereocenters. The lowest BCUT2D eigenvalue weighted by atomic mass is 10.1. The molecule has 0 aliphatic heterocycles. The second-order valence-electron chi connectivity index (χ2n) is 7.20. The largest absolute Gasteiger partial charge is 0.348 e. The Morgan fingerprint density at radius 3 is 2.29 bits per heavy atom. The number of carbonyl (C=O) groups is 1. The van der Waals surface area contributed by atoms with Crippen LogP contribution in [0.3, 0.4) is 0 Å². The summed E-state index contributed by atoms with van der Waals surface area (Å²) in [5, 5.41) is 3.17. The molecule has 156 valence electrons. The minimum absolute atomic E-state index is 0.231. The summed E-state index contributed by atoms with van der Waals surface area (Å²) in [7, 11) is 0. The number of para-hydroxylation sites is 1. The first-order chi connectivity index (χ1) is 15.0. The van der Waals surface area contributed by atoms with Crippen molar-refractivity contribution in [1.82, 2.24) is 14.5 Å². The van der Waals surface area contributed by atoms with Crippen molar-refractivity contribution in [3.63, 3.8) is 0 Å². The van der Waals surface area contributed by atoms with Crippen molar-refractivity contribution in [1.29, 1.82) is 0 Å². The maximum absolute atomic E-state index is 13.3. The summed E-state index contributed by atoms with van der Waals surface area (Å²) in [5.74, 6) is -0.847. The summed E-state index contributed by atoms with van der Waals surface area (Å²) >= 11 is 0. The van der Waals surface area contributed by atoms with Crippen molar-refractivity contribution in [2.24, 2.45) is 0 Å².